The first-order chi connectivity index (χ1) is 10.1. The van der Waals surface area contributed by atoms with Gasteiger partial charge in [0, 0.05) is 39.8 Å². The topological polar surface area (TPSA) is 58.8 Å². The molecule has 0 aliphatic rings. The van der Waals surface area contributed by atoms with Crippen LogP contribution in [0, 0.1) is 5.41 Å². The number of nitrogens with one attached hydrogen (secondary N) is 2. The highest BCUT2D eigenvalue weighted by Gasteiger charge is 2.17. The highest BCUT2D eigenvalue weighted by molar-refractivity contribution is 5.79. The second kappa shape index (κ2) is 9.45. The van der Waals surface area contributed by atoms with E-state index in [1.807, 2.05) is 12.1 Å². The summed E-state index contributed by atoms with van der Waals surface area (Å²) in [7, 11) is 1.74. The smallest absolute Gasteiger partial charge is 0.191 e. The fraction of sp³-hybridized carbons (Fsp3) is 0.688. The van der Waals surface area contributed by atoms with Crippen LogP contribution >= 0.6 is 0 Å². The van der Waals surface area contributed by atoms with E-state index in [0.29, 0.717) is 0 Å². The molecule has 0 saturated heterocycles. The average molecular weight is 295 g/mol. The van der Waals surface area contributed by atoms with Crippen LogP contribution in [-0.2, 0) is 11.2 Å². The van der Waals surface area contributed by atoms with Gasteiger partial charge in [-0.3, -0.25) is 4.99 Å². The Labute approximate surface area is 128 Å². The van der Waals surface area contributed by atoms with Crippen LogP contribution in [-0.4, -0.2) is 39.3 Å². The normalized spacial score (nSPS) is 12.5. The summed E-state index contributed by atoms with van der Waals surface area (Å²) in [5.74, 6) is 1.84. The van der Waals surface area contributed by atoms with Crippen LogP contribution in [0.1, 0.15) is 33.0 Å². The number of rotatable bonds is 9. The summed E-state index contributed by atoms with van der Waals surface area (Å²) in [4.78, 5) is 4.67. The van der Waals surface area contributed by atoms with Gasteiger partial charge in [-0.1, -0.05) is 13.8 Å². The fourth-order valence-electron chi connectivity index (χ4n) is 1.85. The molecule has 1 aromatic rings. The van der Waals surface area contributed by atoms with Gasteiger partial charge < -0.3 is 19.8 Å². The summed E-state index contributed by atoms with van der Waals surface area (Å²) in [6.45, 7) is 9.68. The molecule has 0 atom stereocenters. The molecule has 0 bridgehead atoms. The molecule has 0 aromatic carbocycles. The Morgan fingerprint density at radius 1 is 1.38 bits per heavy atom. The maximum atomic E-state index is 5.32. The Hall–Kier alpha value is -1.49. The van der Waals surface area contributed by atoms with Crippen LogP contribution in [0.5, 0.6) is 0 Å². The molecule has 0 spiro atoms. The summed E-state index contributed by atoms with van der Waals surface area (Å²) >= 11 is 0. The van der Waals surface area contributed by atoms with Crippen LogP contribution in [0.3, 0.4) is 0 Å². The number of guanidine groups is 1. The van der Waals surface area contributed by atoms with Gasteiger partial charge in [-0.2, -0.15) is 0 Å². The maximum Gasteiger partial charge on any atom is 0.191 e. The zero-order valence-corrected chi connectivity index (χ0v) is 13.7. The first-order valence-electron chi connectivity index (χ1n) is 7.61. The van der Waals surface area contributed by atoms with Gasteiger partial charge in [0.25, 0.3) is 0 Å². The van der Waals surface area contributed by atoms with E-state index in [1.165, 1.54) is 0 Å². The zero-order chi connectivity index (χ0) is 15.6. The fourth-order valence-corrected chi connectivity index (χ4v) is 1.85. The third-order valence-electron chi connectivity index (χ3n) is 3.24. The van der Waals surface area contributed by atoms with E-state index in [2.05, 4.69) is 36.4 Å². The van der Waals surface area contributed by atoms with Crippen molar-refractivity contribution in [1.82, 2.24) is 10.6 Å². The summed E-state index contributed by atoms with van der Waals surface area (Å²) < 4.78 is 10.5. The second-order valence-electron chi connectivity index (χ2n) is 5.86. The van der Waals surface area contributed by atoms with Crippen LogP contribution < -0.4 is 10.6 Å². The van der Waals surface area contributed by atoms with Crippen molar-refractivity contribution in [2.24, 2.45) is 10.4 Å². The Balaban J connectivity index is 2.41. The van der Waals surface area contributed by atoms with Crippen LogP contribution in [0.2, 0.25) is 0 Å². The van der Waals surface area contributed by atoms with Gasteiger partial charge in [-0.25, -0.2) is 0 Å². The molecular formula is C16H29N3O2. The van der Waals surface area contributed by atoms with Crippen molar-refractivity contribution < 1.29 is 9.15 Å². The van der Waals surface area contributed by atoms with Crippen molar-refractivity contribution in [2.45, 2.75) is 33.6 Å². The molecule has 0 aliphatic heterocycles. The number of ether oxygens (including phenoxy) is 1. The Bertz CT molecular complexity index is 400. The monoisotopic (exact) mass is 295 g/mol. The summed E-state index contributed by atoms with van der Waals surface area (Å²) in [6.07, 6.45) is 3.55. The van der Waals surface area contributed by atoms with Gasteiger partial charge in [0.15, 0.2) is 5.96 Å². The van der Waals surface area contributed by atoms with Crippen molar-refractivity contribution in [3.05, 3.63) is 24.2 Å². The lowest BCUT2D eigenvalue weighted by Crippen LogP contribution is -2.39. The molecule has 0 aliphatic carbocycles. The van der Waals surface area contributed by atoms with Crippen LogP contribution in [0.15, 0.2) is 27.8 Å². The maximum absolute atomic E-state index is 5.32. The molecule has 0 amide bonds. The van der Waals surface area contributed by atoms with Crippen molar-refractivity contribution in [2.75, 3.05) is 33.4 Å². The number of furan rings is 1. The van der Waals surface area contributed by atoms with Gasteiger partial charge in [-0.15, -0.1) is 0 Å². The minimum absolute atomic E-state index is 0.138. The van der Waals surface area contributed by atoms with Crippen molar-refractivity contribution in [1.29, 1.82) is 0 Å². The minimum atomic E-state index is 0.138. The lowest BCUT2D eigenvalue weighted by atomic mass is 9.90. The first kappa shape index (κ1) is 17.6. The first-order valence-corrected chi connectivity index (χ1v) is 7.61. The lowest BCUT2D eigenvalue weighted by Gasteiger charge is -2.22. The summed E-state index contributed by atoms with van der Waals surface area (Å²) in [5, 5.41) is 6.60. The highest BCUT2D eigenvalue weighted by atomic mass is 16.5. The van der Waals surface area contributed by atoms with Gasteiger partial charge in [-0.05, 0) is 30.9 Å². The Morgan fingerprint density at radius 2 is 2.19 bits per heavy atom. The third-order valence-corrected chi connectivity index (χ3v) is 3.24. The molecule has 0 unspecified atom stereocenters. The van der Waals surface area contributed by atoms with Crippen molar-refractivity contribution >= 4 is 5.96 Å². The second-order valence-corrected chi connectivity index (χ2v) is 5.86. The van der Waals surface area contributed by atoms with E-state index < -0.39 is 0 Å². The van der Waals surface area contributed by atoms with Crippen molar-refractivity contribution in [3.8, 4) is 0 Å². The van der Waals surface area contributed by atoms with E-state index in [0.717, 1.165) is 50.8 Å². The molecular weight excluding hydrogens is 266 g/mol. The van der Waals surface area contributed by atoms with Crippen LogP contribution in [0.4, 0.5) is 0 Å². The van der Waals surface area contributed by atoms with Crippen molar-refractivity contribution in [3.63, 3.8) is 0 Å². The van der Waals surface area contributed by atoms with E-state index in [1.54, 1.807) is 13.4 Å². The molecule has 0 radical (unpaired) electrons. The number of hydrogen-bond donors (Lipinski definition) is 2. The molecule has 1 aromatic heterocycles. The average Bonchev–Trinajstić information content (AvgIpc) is 2.96. The number of methoxy groups -OCH3 is 1. The number of hydrogen-bond acceptors (Lipinski definition) is 3. The highest BCUT2D eigenvalue weighted by Crippen LogP contribution is 2.20. The molecule has 120 valence electrons. The van der Waals surface area contributed by atoms with E-state index in [4.69, 9.17) is 9.15 Å². The predicted molar refractivity (Wildman–Crippen MR) is 86.7 cm³/mol. The SMILES string of the molecule is CCNC(=NCC(C)(C)CCOC)NCCc1ccco1. The molecule has 2 N–H and O–H groups in total. The quantitative estimate of drug-likeness (QED) is 0.543. The van der Waals surface area contributed by atoms with Gasteiger partial charge >= 0.3 is 0 Å². The predicted octanol–water partition coefficient (Wildman–Crippen LogP) is 2.44. The molecule has 5 nitrogen and oxygen atoms in total. The van der Waals surface area contributed by atoms with Gasteiger partial charge in [0.2, 0.25) is 0 Å². The van der Waals surface area contributed by atoms with Gasteiger partial charge in [0.1, 0.15) is 5.76 Å². The molecule has 0 fully saturated rings. The Morgan fingerprint density at radius 3 is 2.81 bits per heavy atom. The van der Waals surface area contributed by atoms with Crippen LogP contribution in [0.25, 0.3) is 0 Å². The lowest BCUT2D eigenvalue weighted by molar-refractivity contribution is 0.155. The summed E-state index contributed by atoms with van der Waals surface area (Å²) in [5.41, 5.74) is 0.138. The Kier molecular flexibility index (Phi) is 7.90. The third kappa shape index (κ3) is 7.75. The number of nitrogens with zero attached hydrogens (tertiary/aromatic N) is 1. The molecule has 0 saturated carbocycles. The standard InChI is InChI=1S/C16H29N3O2/c1-5-17-15(18-10-8-14-7-6-11-21-14)19-13-16(2,3)9-12-20-4/h6-7,11H,5,8-10,12-13H2,1-4H3,(H2,17,18,19). The van der Waals surface area contributed by atoms with E-state index >= 15 is 0 Å². The van der Waals surface area contributed by atoms with Gasteiger partial charge in [0.05, 0.1) is 6.26 Å². The molecule has 1 heterocycles. The molecule has 5 heteroatoms. The summed E-state index contributed by atoms with van der Waals surface area (Å²) in [6, 6.07) is 3.90. The van der Waals surface area contributed by atoms with E-state index in [-0.39, 0.29) is 5.41 Å². The number of aliphatic imine (C=N–C) groups is 1. The molecule has 1 rings (SSSR count). The minimum Gasteiger partial charge on any atom is -0.469 e. The molecule has 21 heavy (non-hydrogen) atoms. The van der Waals surface area contributed by atoms with E-state index in [9.17, 15) is 0 Å². The largest absolute Gasteiger partial charge is 0.469 e. The zero-order valence-electron chi connectivity index (χ0n) is 13.7.